The smallest absolute Gasteiger partial charge is 0.477 e. The van der Waals surface area contributed by atoms with Crippen molar-refractivity contribution in [2.45, 2.75) is 45.3 Å². The van der Waals surface area contributed by atoms with E-state index in [1.807, 2.05) is 44.2 Å². The Bertz CT molecular complexity index is 832. The number of amides is 1. The highest BCUT2D eigenvalue weighted by Gasteiger charge is 2.67. The Morgan fingerprint density at radius 2 is 1.96 bits per heavy atom. The van der Waals surface area contributed by atoms with Gasteiger partial charge in [-0.25, -0.2) is 9.78 Å². The van der Waals surface area contributed by atoms with Crippen LogP contribution in [0.5, 0.6) is 0 Å². The average molecular weight is 358 g/mol. The Kier molecular flexibility index (Phi) is 4.36. The molecule has 1 aromatic heterocycles. The normalized spacial score (nSPS) is 27.9. The number of carboxylic acids is 1. The van der Waals surface area contributed by atoms with Gasteiger partial charge < -0.3 is 15.2 Å². The number of nitrogens with one attached hydrogen (secondary N) is 1. The van der Waals surface area contributed by atoms with Crippen LogP contribution in [0.15, 0.2) is 36.7 Å². The Morgan fingerprint density at radius 3 is 2.50 bits per heavy atom. The number of carboxylic acid groups (broad SMARTS) is 2. The number of aromatic nitrogens is 2. The largest absolute Gasteiger partial charge is 0.515 e. The number of nitrogens with zero attached hydrogens (tertiary/aromatic N) is 2. The Balaban J connectivity index is 2.31. The molecule has 3 rings (SSSR count). The van der Waals surface area contributed by atoms with Gasteiger partial charge in [0, 0.05) is 18.4 Å². The maximum atomic E-state index is 12.7. The molecule has 1 aliphatic rings. The van der Waals surface area contributed by atoms with E-state index in [9.17, 15) is 19.8 Å². The van der Waals surface area contributed by atoms with E-state index in [4.69, 9.17) is 0 Å². The summed E-state index contributed by atoms with van der Waals surface area (Å²) in [5.74, 6) is -1.24. The Labute approximate surface area is 151 Å². The second kappa shape index (κ2) is 6.25. The molecule has 0 saturated heterocycles. The van der Waals surface area contributed by atoms with E-state index < -0.39 is 28.1 Å². The molecule has 0 fully saturated rings. The van der Waals surface area contributed by atoms with Crippen LogP contribution in [0.4, 0.5) is 4.79 Å². The number of imidazole rings is 1. The molecule has 2 aromatic rings. The molecule has 7 nitrogen and oxygen atoms in total. The minimum Gasteiger partial charge on any atom is -0.477 e. The van der Waals surface area contributed by atoms with Crippen molar-refractivity contribution >= 4 is 12.1 Å². The third-order valence-electron chi connectivity index (χ3n) is 5.62. The molecular weight excluding hydrogens is 334 g/mol. The minimum absolute atomic E-state index is 0.0775. The van der Waals surface area contributed by atoms with Crippen LogP contribution in [-0.4, -0.2) is 42.3 Å². The van der Waals surface area contributed by atoms with Crippen LogP contribution in [0.2, 0.25) is 0 Å². The van der Waals surface area contributed by atoms with E-state index in [0.29, 0.717) is 11.4 Å². The van der Waals surface area contributed by atoms with Gasteiger partial charge in [-0.3, -0.25) is 0 Å². The maximum absolute atomic E-state index is 12.7. The highest BCUT2D eigenvalue weighted by Crippen LogP contribution is 2.49. The summed E-state index contributed by atoms with van der Waals surface area (Å²) in [6.07, 6.45) is 0.457. The summed E-state index contributed by atoms with van der Waals surface area (Å²) >= 11 is 0. The first-order chi connectivity index (χ1) is 12.2. The molecule has 3 N–H and O–H groups in total. The number of carbonyl (C=O) groups is 2. The number of fused-ring (bicyclic) bond motifs is 1. The fraction of sp³-hybridized carbons (Fsp3) is 0.421. The van der Waals surface area contributed by atoms with Gasteiger partial charge in [-0.2, -0.15) is 9.28 Å². The lowest BCUT2D eigenvalue weighted by atomic mass is 9.78. The van der Waals surface area contributed by atoms with Crippen molar-refractivity contribution in [2.75, 3.05) is 0 Å². The first-order valence-electron chi connectivity index (χ1n) is 8.65. The Morgan fingerprint density at radius 1 is 1.31 bits per heavy atom. The molecule has 2 heterocycles. The number of aliphatic carboxylic acids is 1. The van der Waals surface area contributed by atoms with Gasteiger partial charge in [0.05, 0.1) is 18.4 Å². The summed E-state index contributed by atoms with van der Waals surface area (Å²) in [7, 11) is 0. The molecule has 1 aliphatic heterocycles. The third kappa shape index (κ3) is 2.42. The van der Waals surface area contributed by atoms with Crippen LogP contribution in [0, 0.1) is 5.92 Å². The summed E-state index contributed by atoms with van der Waals surface area (Å²) in [6.45, 7) is 5.44. The molecule has 26 heavy (non-hydrogen) atoms. The molecule has 1 aromatic carbocycles. The fourth-order valence-corrected chi connectivity index (χ4v) is 4.34. The summed E-state index contributed by atoms with van der Waals surface area (Å²) < 4.78 is -0.609. The zero-order valence-electron chi connectivity index (χ0n) is 15.1. The van der Waals surface area contributed by atoms with E-state index >= 15 is 0 Å². The van der Waals surface area contributed by atoms with Gasteiger partial charge in [-0.1, -0.05) is 44.2 Å². The number of aromatic amines is 1. The maximum Gasteiger partial charge on any atom is 0.515 e. The van der Waals surface area contributed by atoms with Crippen molar-refractivity contribution in [2.24, 2.45) is 5.92 Å². The average Bonchev–Trinajstić information content (AvgIpc) is 3.02. The highest BCUT2D eigenvalue weighted by molar-refractivity contribution is 5.80. The first-order valence-corrected chi connectivity index (χ1v) is 8.65. The first kappa shape index (κ1) is 18.1. The standard InChI is InChI=1S/C19H23N3O4/c1-12(2)16-15-14(20-11-21-15)9-19(3,17(23)24)22(16,18(25)26)10-13-7-5-4-6-8-13/h4-8,11-12,16H,9-10H2,1-3H3,(H2-,20,21,23,24,25,26)/p+1/t16-,19-,22?/m0/s1. The summed E-state index contributed by atoms with van der Waals surface area (Å²) in [6, 6.07) is 8.61. The van der Waals surface area contributed by atoms with Gasteiger partial charge >= 0.3 is 12.1 Å². The number of hydrogen-bond donors (Lipinski definition) is 3. The Hall–Kier alpha value is -2.67. The zero-order chi connectivity index (χ0) is 19.1. The lowest BCUT2D eigenvalue weighted by Gasteiger charge is -2.52. The van der Waals surface area contributed by atoms with Gasteiger partial charge in [0.2, 0.25) is 5.54 Å². The van der Waals surface area contributed by atoms with E-state index in [1.54, 1.807) is 0 Å². The van der Waals surface area contributed by atoms with Gasteiger partial charge in [0.1, 0.15) is 18.3 Å². The van der Waals surface area contributed by atoms with Crippen LogP contribution in [0.3, 0.4) is 0 Å². The predicted molar refractivity (Wildman–Crippen MR) is 94.3 cm³/mol. The quantitative estimate of drug-likeness (QED) is 0.728. The van der Waals surface area contributed by atoms with E-state index in [0.717, 1.165) is 5.56 Å². The molecule has 3 atom stereocenters. The van der Waals surface area contributed by atoms with Crippen molar-refractivity contribution in [3.63, 3.8) is 0 Å². The molecular formula is C19H24N3O4+. The molecule has 138 valence electrons. The number of benzene rings is 1. The number of quaternary nitrogens is 1. The van der Waals surface area contributed by atoms with Gasteiger partial charge in [-0.05, 0) is 0 Å². The molecule has 1 amide bonds. The summed E-state index contributed by atoms with van der Waals surface area (Å²) in [5.41, 5.74) is 0.608. The van der Waals surface area contributed by atoms with Crippen molar-refractivity contribution in [1.29, 1.82) is 0 Å². The highest BCUT2D eigenvalue weighted by atomic mass is 16.4. The van der Waals surface area contributed by atoms with E-state index in [-0.39, 0.29) is 18.9 Å². The lowest BCUT2D eigenvalue weighted by Crippen LogP contribution is -2.73. The molecule has 0 aliphatic carbocycles. The van der Waals surface area contributed by atoms with Crippen molar-refractivity contribution in [3.05, 3.63) is 53.6 Å². The van der Waals surface area contributed by atoms with Crippen molar-refractivity contribution in [1.82, 2.24) is 9.97 Å². The molecule has 0 radical (unpaired) electrons. The van der Waals surface area contributed by atoms with E-state index in [1.165, 1.54) is 13.3 Å². The van der Waals surface area contributed by atoms with Crippen molar-refractivity contribution < 1.29 is 24.3 Å². The molecule has 0 bridgehead atoms. The SMILES string of the molecule is CC(C)[C@H]1c2nc[nH]c2C[C@@](C)(C(=O)O)[N+]1(Cc1ccccc1)C(=O)O. The van der Waals surface area contributed by atoms with Gasteiger partial charge in [0.25, 0.3) is 0 Å². The molecule has 1 unspecified atom stereocenters. The second-order valence-electron chi connectivity index (χ2n) is 7.51. The topological polar surface area (TPSA) is 103 Å². The van der Waals surface area contributed by atoms with E-state index in [2.05, 4.69) is 9.97 Å². The van der Waals surface area contributed by atoms with Gasteiger partial charge in [0.15, 0.2) is 0 Å². The number of H-pyrrole nitrogens is 1. The van der Waals surface area contributed by atoms with Crippen LogP contribution < -0.4 is 0 Å². The van der Waals surface area contributed by atoms with Crippen LogP contribution in [0.1, 0.15) is 43.8 Å². The van der Waals surface area contributed by atoms with Crippen LogP contribution >= 0.6 is 0 Å². The predicted octanol–water partition coefficient (Wildman–Crippen LogP) is 3.20. The number of hydrogen-bond acceptors (Lipinski definition) is 3. The van der Waals surface area contributed by atoms with Crippen LogP contribution in [0.25, 0.3) is 0 Å². The summed E-state index contributed by atoms with van der Waals surface area (Å²) in [5, 5.41) is 20.5. The van der Waals surface area contributed by atoms with Crippen LogP contribution in [-0.2, 0) is 17.8 Å². The number of rotatable bonds is 4. The summed E-state index contributed by atoms with van der Waals surface area (Å²) in [4.78, 5) is 32.5. The monoisotopic (exact) mass is 358 g/mol. The molecule has 0 spiro atoms. The van der Waals surface area contributed by atoms with Crippen molar-refractivity contribution in [3.8, 4) is 0 Å². The zero-order valence-corrected chi connectivity index (χ0v) is 15.1. The lowest BCUT2D eigenvalue weighted by molar-refractivity contribution is -0.945. The second-order valence-corrected chi connectivity index (χ2v) is 7.51. The van der Waals surface area contributed by atoms with Gasteiger partial charge in [-0.15, -0.1) is 0 Å². The molecule has 7 heteroatoms. The molecule has 0 saturated carbocycles. The third-order valence-corrected chi connectivity index (χ3v) is 5.62. The fourth-order valence-electron chi connectivity index (χ4n) is 4.34. The minimum atomic E-state index is -1.53.